The molecular weight excluding hydrogens is 280 g/mol. The maximum absolute atomic E-state index is 5.73. The molecular formula is C17H24N2OS. The van der Waals surface area contributed by atoms with E-state index in [1.165, 1.54) is 5.56 Å². The summed E-state index contributed by atoms with van der Waals surface area (Å²) in [7, 11) is 0. The SMILES string of the molecule is CC(C)CCOc1ccc(CNC(C)c2nccs2)cc1. The molecule has 0 fully saturated rings. The number of aromatic nitrogens is 1. The lowest BCUT2D eigenvalue weighted by Gasteiger charge is -2.12. The van der Waals surface area contributed by atoms with Crippen LogP contribution in [0.3, 0.4) is 0 Å². The molecule has 0 saturated carbocycles. The minimum Gasteiger partial charge on any atom is -0.494 e. The number of benzene rings is 1. The Kier molecular flexibility index (Phi) is 6.21. The van der Waals surface area contributed by atoms with Crippen molar-refractivity contribution in [2.75, 3.05) is 6.61 Å². The van der Waals surface area contributed by atoms with Crippen LogP contribution in [0.1, 0.15) is 43.8 Å². The summed E-state index contributed by atoms with van der Waals surface area (Å²) in [6, 6.07) is 8.61. The molecule has 1 heterocycles. The molecule has 0 spiro atoms. The van der Waals surface area contributed by atoms with Gasteiger partial charge in [0.2, 0.25) is 0 Å². The molecule has 4 heteroatoms. The Morgan fingerprint density at radius 3 is 2.57 bits per heavy atom. The van der Waals surface area contributed by atoms with Crippen molar-refractivity contribution < 1.29 is 4.74 Å². The van der Waals surface area contributed by atoms with E-state index in [1.807, 2.05) is 23.7 Å². The number of ether oxygens (including phenoxy) is 1. The summed E-state index contributed by atoms with van der Waals surface area (Å²) in [4.78, 5) is 4.33. The molecule has 2 aromatic rings. The van der Waals surface area contributed by atoms with Gasteiger partial charge in [0.05, 0.1) is 12.6 Å². The molecule has 0 aliphatic rings. The van der Waals surface area contributed by atoms with Crippen LogP contribution < -0.4 is 10.1 Å². The van der Waals surface area contributed by atoms with Crippen molar-refractivity contribution in [2.24, 2.45) is 5.92 Å². The van der Waals surface area contributed by atoms with Crippen LogP contribution in [0, 0.1) is 5.92 Å². The average Bonchev–Trinajstić information content (AvgIpc) is 3.00. The van der Waals surface area contributed by atoms with Crippen molar-refractivity contribution in [1.82, 2.24) is 10.3 Å². The van der Waals surface area contributed by atoms with Crippen molar-refractivity contribution >= 4 is 11.3 Å². The van der Waals surface area contributed by atoms with E-state index in [0.29, 0.717) is 5.92 Å². The molecule has 1 unspecified atom stereocenters. The van der Waals surface area contributed by atoms with Crippen molar-refractivity contribution in [3.63, 3.8) is 0 Å². The predicted octanol–water partition coefficient (Wildman–Crippen LogP) is 4.42. The maximum atomic E-state index is 5.73. The summed E-state index contributed by atoms with van der Waals surface area (Å²) >= 11 is 1.69. The fourth-order valence-corrected chi connectivity index (χ4v) is 2.59. The largest absolute Gasteiger partial charge is 0.494 e. The minimum atomic E-state index is 0.284. The summed E-state index contributed by atoms with van der Waals surface area (Å²) in [5.41, 5.74) is 1.26. The summed E-state index contributed by atoms with van der Waals surface area (Å²) in [5.74, 6) is 1.63. The van der Waals surface area contributed by atoms with Crippen LogP contribution >= 0.6 is 11.3 Å². The number of rotatable bonds is 8. The standard InChI is InChI=1S/C17H24N2OS/c1-13(2)8-10-20-16-6-4-15(5-7-16)12-19-14(3)17-18-9-11-21-17/h4-7,9,11,13-14,19H,8,10,12H2,1-3H3. The number of nitrogens with zero attached hydrogens (tertiary/aromatic N) is 1. The highest BCUT2D eigenvalue weighted by atomic mass is 32.1. The van der Waals surface area contributed by atoms with Gasteiger partial charge in [-0.25, -0.2) is 4.98 Å². The molecule has 0 amide bonds. The highest BCUT2D eigenvalue weighted by molar-refractivity contribution is 7.09. The summed E-state index contributed by atoms with van der Waals surface area (Å²) < 4.78 is 5.73. The molecule has 0 aliphatic carbocycles. The first-order valence-electron chi connectivity index (χ1n) is 7.49. The van der Waals surface area contributed by atoms with Gasteiger partial charge in [-0.15, -0.1) is 11.3 Å². The van der Waals surface area contributed by atoms with Crippen molar-refractivity contribution in [3.05, 3.63) is 46.4 Å². The maximum Gasteiger partial charge on any atom is 0.119 e. The van der Waals surface area contributed by atoms with E-state index in [9.17, 15) is 0 Å². The van der Waals surface area contributed by atoms with Gasteiger partial charge in [-0.2, -0.15) is 0 Å². The van der Waals surface area contributed by atoms with Crippen molar-refractivity contribution in [1.29, 1.82) is 0 Å². The normalized spacial score (nSPS) is 12.6. The Morgan fingerprint density at radius 1 is 1.19 bits per heavy atom. The minimum absolute atomic E-state index is 0.284. The molecule has 21 heavy (non-hydrogen) atoms. The van der Waals surface area contributed by atoms with Gasteiger partial charge in [0.1, 0.15) is 10.8 Å². The first kappa shape index (κ1) is 16.0. The number of hydrogen-bond donors (Lipinski definition) is 1. The molecule has 0 aliphatic heterocycles. The van der Waals surface area contributed by atoms with Crippen LogP contribution in [0.25, 0.3) is 0 Å². The van der Waals surface area contributed by atoms with E-state index < -0.39 is 0 Å². The lowest BCUT2D eigenvalue weighted by molar-refractivity contribution is 0.289. The monoisotopic (exact) mass is 304 g/mol. The number of nitrogens with one attached hydrogen (secondary N) is 1. The highest BCUT2D eigenvalue weighted by Crippen LogP contribution is 2.17. The smallest absolute Gasteiger partial charge is 0.119 e. The second kappa shape index (κ2) is 8.15. The van der Waals surface area contributed by atoms with Gasteiger partial charge in [-0.05, 0) is 37.0 Å². The van der Waals surface area contributed by atoms with E-state index >= 15 is 0 Å². The van der Waals surface area contributed by atoms with Gasteiger partial charge < -0.3 is 10.1 Å². The molecule has 1 atom stereocenters. The van der Waals surface area contributed by atoms with Crippen molar-refractivity contribution in [3.8, 4) is 5.75 Å². The van der Waals surface area contributed by atoms with Gasteiger partial charge in [0.25, 0.3) is 0 Å². The van der Waals surface area contributed by atoms with Gasteiger partial charge in [-0.3, -0.25) is 0 Å². The molecule has 0 saturated heterocycles. The molecule has 1 N–H and O–H groups in total. The molecule has 1 aromatic heterocycles. The first-order chi connectivity index (χ1) is 10.1. The van der Waals surface area contributed by atoms with Gasteiger partial charge in [-0.1, -0.05) is 26.0 Å². The van der Waals surface area contributed by atoms with Gasteiger partial charge >= 0.3 is 0 Å². The van der Waals surface area contributed by atoms with E-state index in [-0.39, 0.29) is 6.04 Å². The Hall–Kier alpha value is -1.39. The van der Waals surface area contributed by atoms with Crippen LogP contribution in [-0.4, -0.2) is 11.6 Å². The third-order valence-corrected chi connectivity index (χ3v) is 4.28. The third-order valence-electron chi connectivity index (χ3n) is 3.32. The van der Waals surface area contributed by atoms with Crippen molar-refractivity contribution in [2.45, 2.75) is 39.8 Å². The van der Waals surface area contributed by atoms with Crippen LogP contribution in [0.2, 0.25) is 0 Å². The third kappa shape index (κ3) is 5.48. The zero-order valence-electron chi connectivity index (χ0n) is 13.0. The highest BCUT2D eigenvalue weighted by Gasteiger charge is 2.07. The first-order valence-corrected chi connectivity index (χ1v) is 8.37. The molecule has 0 radical (unpaired) electrons. The van der Waals surface area contributed by atoms with Crippen LogP contribution in [0.5, 0.6) is 5.75 Å². The molecule has 2 rings (SSSR count). The van der Waals surface area contributed by atoms with Crippen LogP contribution in [-0.2, 0) is 6.54 Å². The Bertz CT molecular complexity index is 508. The summed E-state index contributed by atoms with van der Waals surface area (Å²) in [6.45, 7) is 8.19. The Balaban J connectivity index is 1.77. The number of hydrogen-bond acceptors (Lipinski definition) is 4. The second-order valence-electron chi connectivity index (χ2n) is 5.65. The Labute approximate surface area is 131 Å². The van der Waals surface area contributed by atoms with Gasteiger partial charge in [0, 0.05) is 18.1 Å². The topological polar surface area (TPSA) is 34.1 Å². The number of thiazole rings is 1. The van der Waals surface area contributed by atoms with Crippen LogP contribution in [0.15, 0.2) is 35.8 Å². The molecule has 0 bridgehead atoms. The zero-order chi connectivity index (χ0) is 15.1. The fourth-order valence-electron chi connectivity index (χ4n) is 1.92. The van der Waals surface area contributed by atoms with E-state index in [0.717, 1.165) is 30.3 Å². The Morgan fingerprint density at radius 2 is 1.95 bits per heavy atom. The average molecular weight is 304 g/mol. The second-order valence-corrected chi connectivity index (χ2v) is 6.57. The van der Waals surface area contributed by atoms with Gasteiger partial charge in [0.15, 0.2) is 0 Å². The quantitative estimate of drug-likeness (QED) is 0.784. The summed E-state index contributed by atoms with van der Waals surface area (Å²) in [5, 5.41) is 6.63. The van der Waals surface area contributed by atoms with Crippen LogP contribution in [0.4, 0.5) is 0 Å². The molecule has 114 valence electrons. The molecule has 3 nitrogen and oxygen atoms in total. The molecule has 1 aromatic carbocycles. The lowest BCUT2D eigenvalue weighted by atomic mass is 10.1. The predicted molar refractivity (Wildman–Crippen MR) is 88.8 cm³/mol. The summed E-state index contributed by atoms with van der Waals surface area (Å²) in [6.07, 6.45) is 2.94. The zero-order valence-corrected chi connectivity index (χ0v) is 13.8. The van der Waals surface area contributed by atoms with E-state index in [1.54, 1.807) is 11.3 Å². The lowest BCUT2D eigenvalue weighted by Crippen LogP contribution is -2.17. The fraction of sp³-hybridized carbons (Fsp3) is 0.471. The van der Waals surface area contributed by atoms with E-state index in [4.69, 9.17) is 4.74 Å². The van der Waals surface area contributed by atoms with E-state index in [2.05, 4.69) is 43.2 Å².